The van der Waals surface area contributed by atoms with Gasteiger partial charge >= 0.3 is 0 Å². The second kappa shape index (κ2) is 31.4. The molecule has 2 amide bonds. The Labute approximate surface area is 359 Å². The molecule has 0 atom stereocenters. The molecule has 18 nitrogen and oxygen atoms in total. The summed E-state index contributed by atoms with van der Waals surface area (Å²) in [5.41, 5.74) is 1.81. The van der Waals surface area contributed by atoms with Crippen molar-refractivity contribution in [3.8, 4) is 28.6 Å². The van der Waals surface area contributed by atoms with Gasteiger partial charge in [0.25, 0.3) is 5.56 Å². The third-order valence-electron chi connectivity index (χ3n) is 9.04. The van der Waals surface area contributed by atoms with Gasteiger partial charge in [0.05, 0.1) is 99.0 Å². The van der Waals surface area contributed by atoms with E-state index < -0.39 is 0 Å². The van der Waals surface area contributed by atoms with Crippen LogP contribution < -0.4 is 35.7 Å². The standard InChI is InChI=1S/C43H68N6O12/c1-33-28-34(42-47-37-31-35(53-4)32-38(54-5)41(37)43(52)48-42)30-36(29-33)61-27-26-60-25-24-59-23-22-58-21-20-57-19-18-56-17-16-55-15-9-40(51)46-11-7-14-49(3)13-6-10-45-39(50)8-12-44-2/h28-32,44H,6-27H2,1-5H3,(H,45,50)(H,46,51)(H,47,48,52). The number of aromatic nitrogens is 2. The molecule has 0 saturated carbocycles. The van der Waals surface area contributed by atoms with Gasteiger partial charge in [-0.2, -0.15) is 0 Å². The molecule has 0 radical (unpaired) electrons. The maximum absolute atomic E-state index is 13.0. The highest BCUT2D eigenvalue weighted by Crippen LogP contribution is 2.30. The number of amides is 2. The summed E-state index contributed by atoms with van der Waals surface area (Å²) in [6, 6.07) is 9.01. The van der Waals surface area contributed by atoms with E-state index in [-0.39, 0.29) is 17.4 Å². The van der Waals surface area contributed by atoms with Crippen LogP contribution in [-0.2, 0) is 38.0 Å². The van der Waals surface area contributed by atoms with E-state index in [2.05, 4.69) is 30.8 Å². The summed E-state index contributed by atoms with van der Waals surface area (Å²) in [6.07, 6.45) is 2.55. The van der Waals surface area contributed by atoms with E-state index in [4.69, 9.17) is 42.6 Å². The van der Waals surface area contributed by atoms with E-state index in [1.807, 2.05) is 39.2 Å². The topological polar surface area (TPSA) is 202 Å². The van der Waals surface area contributed by atoms with Crippen molar-refractivity contribution in [2.24, 2.45) is 0 Å². The van der Waals surface area contributed by atoms with Crippen LogP contribution in [0.15, 0.2) is 35.1 Å². The second-order valence-electron chi connectivity index (χ2n) is 14.0. The lowest BCUT2D eigenvalue weighted by Gasteiger charge is -2.16. The molecule has 1 heterocycles. The minimum atomic E-state index is -0.311. The highest BCUT2D eigenvalue weighted by atomic mass is 16.6. The summed E-state index contributed by atoms with van der Waals surface area (Å²) < 4.78 is 49.9. The molecule has 0 saturated heterocycles. The molecule has 18 heteroatoms. The van der Waals surface area contributed by atoms with Crippen LogP contribution in [0, 0.1) is 6.92 Å². The molecule has 0 bridgehead atoms. The van der Waals surface area contributed by atoms with Crippen LogP contribution >= 0.6 is 0 Å². The normalized spacial score (nSPS) is 11.3. The van der Waals surface area contributed by atoms with Gasteiger partial charge in [-0.15, -0.1) is 0 Å². The molecular weight excluding hydrogens is 793 g/mol. The second-order valence-corrected chi connectivity index (χ2v) is 14.0. The van der Waals surface area contributed by atoms with Crippen molar-refractivity contribution in [2.75, 3.05) is 147 Å². The lowest BCUT2D eigenvalue weighted by atomic mass is 10.1. The number of H-pyrrole nitrogens is 1. The number of benzene rings is 2. The molecule has 0 aliphatic rings. The Morgan fingerprint density at radius 1 is 0.656 bits per heavy atom. The fourth-order valence-electron chi connectivity index (χ4n) is 5.86. The summed E-state index contributed by atoms with van der Waals surface area (Å²) in [6.45, 7) is 11.1. The van der Waals surface area contributed by atoms with E-state index in [0.29, 0.717) is 158 Å². The first kappa shape index (κ1) is 51.0. The maximum atomic E-state index is 13.0. The summed E-state index contributed by atoms with van der Waals surface area (Å²) in [5.74, 6) is 2.01. The van der Waals surface area contributed by atoms with Crippen LogP contribution in [0.3, 0.4) is 0 Å². The van der Waals surface area contributed by atoms with Gasteiger partial charge in [-0.3, -0.25) is 14.4 Å². The average molecular weight is 861 g/mol. The summed E-state index contributed by atoms with van der Waals surface area (Å²) in [7, 11) is 6.92. The highest BCUT2D eigenvalue weighted by molar-refractivity contribution is 5.87. The van der Waals surface area contributed by atoms with E-state index in [1.165, 1.54) is 7.11 Å². The minimum absolute atomic E-state index is 0.0281. The SMILES string of the molecule is CNCCC(=O)NCCCN(C)CCCNC(=O)CCOCCOCCOCCOCCOCCOCCOc1cc(C)cc(-c2nc3cc(OC)cc(OC)c3c(=O)[nH]2)c1. The van der Waals surface area contributed by atoms with Gasteiger partial charge < -0.3 is 68.5 Å². The molecule has 0 spiro atoms. The molecule has 4 N–H and O–H groups in total. The Kier molecular flexibility index (Phi) is 26.3. The highest BCUT2D eigenvalue weighted by Gasteiger charge is 2.14. The Hall–Kier alpha value is -4.40. The summed E-state index contributed by atoms with van der Waals surface area (Å²) in [5, 5.41) is 9.16. The third kappa shape index (κ3) is 21.8. The van der Waals surface area contributed by atoms with Crippen LogP contribution in [0.5, 0.6) is 17.2 Å². The molecule has 3 rings (SSSR count). The maximum Gasteiger partial charge on any atom is 0.262 e. The van der Waals surface area contributed by atoms with Crippen LogP contribution in [0.4, 0.5) is 0 Å². The molecule has 1 aromatic heterocycles. The first-order chi connectivity index (χ1) is 29.7. The number of ether oxygens (including phenoxy) is 9. The van der Waals surface area contributed by atoms with Crippen molar-refractivity contribution in [3.05, 3.63) is 46.2 Å². The molecular formula is C43H68N6O12. The molecule has 2 aromatic carbocycles. The largest absolute Gasteiger partial charge is 0.497 e. The Balaban J connectivity index is 1.07. The van der Waals surface area contributed by atoms with Crippen LogP contribution in [-0.4, -0.2) is 174 Å². The van der Waals surface area contributed by atoms with Crippen LogP contribution in [0.25, 0.3) is 22.3 Å². The van der Waals surface area contributed by atoms with Gasteiger partial charge in [-0.25, -0.2) is 4.98 Å². The lowest BCUT2D eigenvalue weighted by molar-refractivity contribution is -0.122. The van der Waals surface area contributed by atoms with Crippen LogP contribution in [0.2, 0.25) is 0 Å². The minimum Gasteiger partial charge on any atom is -0.497 e. The number of carbonyl (C=O) groups excluding carboxylic acids is 2. The van der Waals surface area contributed by atoms with E-state index in [0.717, 1.165) is 31.5 Å². The number of hydrogen-bond donors (Lipinski definition) is 4. The van der Waals surface area contributed by atoms with E-state index in [9.17, 15) is 14.4 Å². The first-order valence-electron chi connectivity index (χ1n) is 21.0. The number of methoxy groups -OCH3 is 2. The number of nitrogens with one attached hydrogen (secondary N) is 4. The zero-order valence-electron chi connectivity index (χ0n) is 36.7. The quantitative estimate of drug-likeness (QED) is 0.0621. The smallest absolute Gasteiger partial charge is 0.262 e. The number of hydrogen-bond acceptors (Lipinski definition) is 15. The number of carbonyl (C=O) groups is 2. The number of fused-ring (bicyclic) bond motifs is 1. The predicted octanol–water partition coefficient (Wildman–Crippen LogP) is 2.34. The van der Waals surface area contributed by atoms with Crippen molar-refractivity contribution in [1.82, 2.24) is 30.8 Å². The van der Waals surface area contributed by atoms with Crippen molar-refractivity contribution >= 4 is 22.7 Å². The molecule has 0 aliphatic carbocycles. The van der Waals surface area contributed by atoms with Crippen molar-refractivity contribution < 1.29 is 52.2 Å². The van der Waals surface area contributed by atoms with E-state index in [1.54, 1.807) is 19.2 Å². The number of rotatable bonds is 36. The van der Waals surface area contributed by atoms with Gasteiger partial charge in [0.1, 0.15) is 35.1 Å². The fourth-order valence-corrected chi connectivity index (χ4v) is 5.86. The molecule has 61 heavy (non-hydrogen) atoms. The zero-order valence-corrected chi connectivity index (χ0v) is 36.7. The van der Waals surface area contributed by atoms with Crippen molar-refractivity contribution in [2.45, 2.75) is 32.6 Å². The van der Waals surface area contributed by atoms with Crippen molar-refractivity contribution in [3.63, 3.8) is 0 Å². The predicted molar refractivity (Wildman–Crippen MR) is 232 cm³/mol. The van der Waals surface area contributed by atoms with Gasteiger partial charge in [-0.05, 0) is 70.7 Å². The first-order valence-corrected chi connectivity index (χ1v) is 21.0. The molecule has 3 aromatic rings. The monoisotopic (exact) mass is 860 g/mol. The Morgan fingerprint density at radius 2 is 1.20 bits per heavy atom. The average Bonchev–Trinajstić information content (AvgIpc) is 3.25. The van der Waals surface area contributed by atoms with Gasteiger partial charge in [0.15, 0.2) is 0 Å². The number of aryl methyl sites for hydroxylation is 1. The molecule has 342 valence electrons. The lowest BCUT2D eigenvalue weighted by Crippen LogP contribution is -2.31. The van der Waals surface area contributed by atoms with Crippen molar-refractivity contribution in [1.29, 1.82) is 0 Å². The van der Waals surface area contributed by atoms with E-state index >= 15 is 0 Å². The summed E-state index contributed by atoms with van der Waals surface area (Å²) in [4.78, 5) is 46.3. The van der Waals surface area contributed by atoms with Gasteiger partial charge in [0.2, 0.25) is 11.8 Å². The Bertz CT molecular complexity index is 1750. The fraction of sp³-hybridized carbons (Fsp3) is 0.628. The molecule has 0 unspecified atom stereocenters. The molecule has 0 fully saturated rings. The van der Waals surface area contributed by atoms with Crippen LogP contribution in [0.1, 0.15) is 31.2 Å². The van der Waals surface area contributed by atoms with Gasteiger partial charge in [0, 0.05) is 50.2 Å². The number of nitrogens with zero attached hydrogens (tertiary/aromatic N) is 2. The van der Waals surface area contributed by atoms with Gasteiger partial charge in [-0.1, -0.05) is 0 Å². The third-order valence-corrected chi connectivity index (χ3v) is 9.04. The summed E-state index contributed by atoms with van der Waals surface area (Å²) >= 11 is 0. The zero-order chi connectivity index (χ0) is 43.9. The molecule has 0 aliphatic heterocycles. The number of aromatic amines is 1. The Morgan fingerprint density at radius 3 is 1.74 bits per heavy atom.